The molecule has 1 aliphatic rings. The van der Waals surface area contributed by atoms with E-state index in [0.29, 0.717) is 31.3 Å². The molecule has 1 N–H and O–H groups in total. The lowest BCUT2D eigenvalue weighted by atomic mass is 10.1. The van der Waals surface area contributed by atoms with Crippen molar-refractivity contribution in [3.8, 4) is 10.6 Å². The Bertz CT molecular complexity index is 1490. The first-order valence-electron chi connectivity index (χ1n) is 10.8. The summed E-state index contributed by atoms with van der Waals surface area (Å²) in [4.78, 5) is 30.1. The van der Waals surface area contributed by atoms with Crippen molar-refractivity contribution in [2.75, 3.05) is 5.32 Å². The van der Waals surface area contributed by atoms with E-state index in [9.17, 15) is 9.59 Å². The highest BCUT2D eigenvalue weighted by Crippen LogP contribution is 2.65. The van der Waals surface area contributed by atoms with Crippen LogP contribution in [0.1, 0.15) is 26.8 Å². The van der Waals surface area contributed by atoms with Gasteiger partial charge in [-0.1, -0.05) is 46.1 Å². The highest BCUT2D eigenvalue weighted by molar-refractivity contribution is 7.14. The van der Waals surface area contributed by atoms with Crippen LogP contribution in [0.5, 0.6) is 0 Å². The molecule has 2 heterocycles. The smallest absolute Gasteiger partial charge is 0.231 e. The van der Waals surface area contributed by atoms with Gasteiger partial charge in [-0.2, -0.15) is 0 Å². The summed E-state index contributed by atoms with van der Waals surface area (Å²) in [6.07, 6.45) is 3.33. The van der Waals surface area contributed by atoms with E-state index in [4.69, 9.17) is 58.0 Å². The largest absolute Gasteiger partial charge is 0.326 e. The van der Waals surface area contributed by atoms with Crippen molar-refractivity contribution >= 4 is 86.7 Å². The van der Waals surface area contributed by atoms with E-state index in [2.05, 4.69) is 20.5 Å². The number of carbonyl (C=O) groups is 2. The molecule has 2 unspecified atom stereocenters. The molecule has 2 aromatic heterocycles. The van der Waals surface area contributed by atoms with Gasteiger partial charge in [0.25, 0.3) is 0 Å². The highest BCUT2D eigenvalue weighted by Gasteiger charge is 2.67. The Morgan fingerprint density at radius 2 is 1.65 bits per heavy atom. The maximum atomic E-state index is 13.1. The monoisotopic (exact) mass is 610 g/mol. The third-order valence-electron chi connectivity index (χ3n) is 5.82. The minimum Gasteiger partial charge on any atom is -0.326 e. The van der Waals surface area contributed by atoms with Crippen LogP contribution in [0.2, 0.25) is 15.1 Å². The summed E-state index contributed by atoms with van der Waals surface area (Å²) < 4.78 is -1.33. The van der Waals surface area contributed by atoms with Crippen LogP contribution >= 0.6 is 69.3 Å². The van der Waals surface area contributed by atoms with Crippen molar-refractivity contribution in [1.29, 1.82) is 0 Å². The Morgan fingerprint density at radius 1 is 0.946 bits per heavy atom. The minimum atomic E-state index is -1.33. The average Bonchev–Trinajstić information content (AvgIpc) is 3.17. The van der Waals surface area contributed by atoms with Crippen LogP contribution in [0.3, 0.4) is 0 Å². The summed E-state index contributed by atoms with van der Waals surface area (Å²) in [5, 5.41) is 13.4. The first kappa shape index (κ1) is 26.4. The molecule has 1 saturated carbocycles. The summed E-state index contributed by atoms with van der Waals surface area (Å²) >= 11 is 32.7. The number of aromatic nitrogens is 3. The molecule has 6 nitrogen and oxygen atoms in total. The van der Waals surface area contributed by atoms with Gasteiger partial charge in [0.2, 0.25) is 5.91 Å². The van der Waals surface area contributed by atoms with Crippen LogP contribution in [0.15, 0.2) is 60.9 Å². The summed E-state index contributed by atoms with van der Waals surface area (Å²) in [5.74, 6) is -1.90. The molecule has 2 atom stereocenters. The van der Waals surface area contributed by atoms with Crippen LogP contribution in [0.4, 0.5) is 5.69 Å². The topological polar surface area (TPSA) is 84.8 Å². The fourth-order valence-electron chi connectivity index (χ4n) is 4.03. The molecule has 188 valence electrons. The molecule has 1 aliphatic carbocycles. The second-order valence-electron chi connectivity index (χ2n) is 8.35. The van der Waals surface area contributed by atoms with Gasteiger partial charge in [0.05, 0.1) is 17.4 Å². The fourth-order valence-corrected chi connectivity index (χ4v) is 6.47. The molecule has 5 rings (SSSR count). The number of alkyl halides is 2. The molecule has 0 radical (unpaired) electrons. The van der Waals surface area contributed by atoms with Gasteiger partial charge in [-0.3, -0.25) is 14.6 Å². The van der Waals surface area contributed by atoms with Crippen molar-refractivity contribution in [2.24, 2.45) is 5.92 Å². The summed E-state index contributed by atoms with van der Waals surface area (Å²) in [5.41, 5.74) is 2.16. The molecule has 0 bridgehead atoms. The Morgan fingerprint density at radius 3 is 2.35 bits per heavy atom. The van der Waals surface area contributed by atoms with Gasteiger partial charge in [-0.25, -0.2) is 0 Å². The first-order valence-corrected chi connectivity index (χ1v) is 13.5. The lowest BCUT2D eigenvalue weighted by molar-refractivity contribution is -0.117. The number of benzene rings is 2. The summed E-state index contributed by atoms with van der Waals surface area (Å²) in [6.45, 7) is 0. The van der Waals surface area contributed by atoms with Crippen LogP contribution < -0.4 is 5.32 Å². The van der Waals surface area contributed by atoms with Gasteiger partial charge < -0.3 is 5.32 Å². The average molecular weight is 613 g/mol. The van der Waals surface area contributed by atoms with Gasteiger partial charge in [-0.15, -0.1) is 33.4 Å². The third-order valence-corrected chi connectivity index (χ3v) is 8.50. The van der Waals surface area contributed by atoms with Crippen LogP contribution in [0.25, 0.3) is 10.6 Å². The zero-order valence-electron chi connectivity index (χ0n) is 18.6. The molecule has 0 aliphatic heterocycles. The van der Waals surface area contributed by atoms with Crippen molar-refractivity contribution in [2.45, 2.75) is 16.7 Å². The second kappa shape index (κ2) is 10.5. The predicted octanol–water partition coefficient (Wildman–Crippen LogP) is 7.51. The number of hydrogen-bond donors (Lipinski definition) is 1. The Labute approximate surface area is 240 Å². The van der Waals surface area contributed by atoms with Gasteiger partial charge >= 0.3 is 0 Å². The normalized spacial score (nSPS) is 17.9. The van der Waals surface area contributed by atoms with Crippen molar-refractivity contribution < 1.29 is 9.59 Å². The van der Waals surface area contributed by atoms with E-state index in [0.717, 1.165) is 5.56 Å². The molecule has 1 amide bonds. The number of nitrogens with one attached hydrogen (secondary N) is 1. The van der Waals surface area contributed by atoms with Crippen molar-refractivity contribution in [3.05, 3.63) is 92.1 Å². The van der Waals surface area contributed by atoms with Gasteiger partial charge in [-0.05, 0) is 54.1 Å². The standard InChI is InChI=1S/C25H15Cl5N4O2S/c26-14-7-13(8-15(27)9-14)21-22(25(21,29)30)23(36)32-16-1-2-18(28)17(10-16)19(35)11-20-33-34-24(37-20)12-3-5-31-6-4-12/h1-10,21-22H,11H2,(H,32,36). The Hall–Kier alpha value is -2.26. The fraction of sp³-hybridized carbons (Fsp3) is 0.160. The first-order chi connectivity index (χ1) is 17.6. The minimum absolute atomic E-state index is 0.00651. The summed E-state index contributed by atoms with van der Waals surface area (Å²) in [6, 6.07) is 13.2. The third kappa shape index (κ3) is 5.62. The number of Topliss-reactive ketones (excluding diaryl/α,β-unsaturated/α-hetero) is 1. The van der Waals surface area contributed by atoms with Crippen LogP contribution in [-0.4, -0.2) is 31.2 Å². The van der Waals surface area contributed by atoms with Crippen LogP contribution in [-0.2, 0) is 11.2 Å². The predicted molar refractivity (Wildman–Crippen MR) is 148 cm³/mol. The molecule has 2 aromatic carbocycles. The number of hydrogen-bond acceptors (Lipinski definition) is 6. The lowest BCUT2D eigenvalue weighted by Crippen LogP contribution is -2.17. The Kier molecular flexibility index (Phi) is 7.47. The molecule has 4 aromatic rings. The molecule has 0 spiro atoms. The quantitative estimate of drug-likeness (QED) is 0.172. The maximum absolute atomic E-state index is 13.1. The molecular weight excluding hydrogens is 598 g/mol. The number of amides is 1. The molecule has 1 fully saturated rings. The van der Waals surface area contributed by atoms with Gasteiger partial charge in [0.15, 0.2) is 5.78 Å². The summed E-state index contributed by atoms with van der Waals surface area (Å²) in [7, 11) is 0. The van der Waals surface area contributed by atoms with Gasteiger partial charge in [0.1, 0.15) is 14.3 Å². The number of rotatable bonds is 7. The van der Waals surface area contributed by atoms with Crippen molar-refractivity contribution in [1.82, 2.24) is 15.2 Å². The SMILES string of the molecule is O=C(Cc1nnc(-c2ccncc2)s1)c1cc(NC(=O)C2C(c3cc(Cl)cc(Cl)c3)C2(Cl)Cl)ccc1Cl. The van der Waals surface area contributed by atoms with E-state index in [1.807, 2.05) is 12.1 Å². The van der Waals surface area contributed by atoms with Gasteiger partial charge in [0, 0.05) is 45.2 Å². The Balaban J connectivity index is 1.30. The lowest BCUT2D eigenvalue weighted by Gasteiger charge is -2.09. The zero-order chi connectivity index (χ0) is 26.3. The maximum Gasteiger partial charge on any atom is 0.231 e. The number of anilines is 1. The number of pyridine rings is 1. The van der Waals surface area contributed by atoms with E-state index < -0.39 is 22.1 Å². The molecular formula is C25H15Cl5N4O2S. The number of halogens is 5. The van der Waals surface area contributed by atoms with E-state index in [-0.39, 0.29) is 22.8 Å². The van der Waals surface area contributed by atoms with E-state index in [1.54, 1.807) is 42.7 Å². The molecule has 12 heteroatoms. The molecule has 37 heavy (non-hydrogen) atoms. The number of ketones is 1. The molecule has 0 saturated heterocycles. The second-order valence-corrected chi connectivity index (χ2v) is 12.1. The van der Waals surface area contributed by atoms with Crippen molar-refractivity contribution in [3.63, 3.8) is 0 Å². The highest BCUT2D eigenvalue weighted by atomic mass is 35.5. The van der Waals surface area contributed by atoms with E-state index in [1.165, 1.54) is 17.4 Å². The number of carbonyl (C=O) groups excluding carboxylic acids is 2. The van der Waals surface area contributed by atoms with Crippen LogP contribution in [0, 0.1) is 5.92 Å². The zero-order valence-corrected chi connectivity index (χ0v) is 23.2. The number of nitrogens with zero attached hydrogens (tertiary/aromatic N) is 3. The van der Waals surface area contributed by atoms with E-state index >= 15 is 0 Å².